The quantitative estimate of drug-likeness (QED) is 0.221. The van der Waals surface area contributed by atoms with Crippen molar-refractivity contribution in [2.75, 3.05) is 31.6 Å². The molecular weight excluding hydrogens is 480 g/mol. The summed E-state index contributed by atoms with van der Waals surface area (Å²) >= 11 is 6.82. The highest BCUT2D eigenvalue weighted by atomic mass is 32.2. The number of nitrogens with one attached hydrogen (secondary N) is 1. The Balaban J connectivity index is 1.93. The average Bonchev–Trinajstić information content (AvgIpc) is 3.11. The van der Waals surface area contributed by atoms with Crippen molar-refractivity contribution in [2.24, 2.45) is 5.92 Å². The number of amides is 1. The van der Waals surface area contributed by atoms with Crippen molar-refractivity contribution in [1.29, 1.82) is 0 Å². The van der Waals surface area contributed by atoms with E-state index in [1.807, 2.05) is 26.0 Å². The van der Waals surface area contributed by atoms with E-state index in [2.05, 4.69) is 19.2 Å². The molecule has 1 aliphatic rings. The molecule has 2 aromatic heterocycles. The first-order chi connectivity index (χ1) is 16.9. The number of carbonyl (C=O) groups is 1. The molecule has 0 bridgehead atoms. The number of unbranched alkanes of at least 4 members (excludes halogenated alkanes) is 1. The van der Waals surface area contributed by atoms with Crippen LogP contribution in [0.2, 0.25) is 0 Å². The Morgan fingerprint density at radius 2 is 2.03 bits per heavy atom. The maximum atomic E-state index is 13.5. The number of ether oxygens (including phenoxy) is 1. The van der Waals surface area contributed by atoms with Crippen molar-refractivity contribution >= 4 is 51.7 Å². The topological polar surface area (TPSA) is 75.9 Å². The van der Waals surface area contributed by atoms with Crippen LogP contribution in [0.4, 0.5) is 5.82 Å². The van der Waals surface area contributed by atoms with Gasteiger partial charge in [0.1, 0.15) is 15.8 Å². The molecule has 3 rings (SSSR count). The number of aryl methyl sites for hydroxylation is 1. The van der Waals surface area contributed by atoms with Gasteiger partial charge in [-0.05, 0) is 50.3 Å². The lowest BCUT2D eigenvalue weighted by atomic mass is 9.99. The lowest BCUT2D eigenvalue weighted by Gasteiger charge is -2.21. The number of anilines is 1. The highest BCUT2D eigenvalue weighted by Crippen LogP contribution is 2.34. The van der Waals surface area contributed by atoms with Crippen LogP contribution in [0.1, 0.15) is 64.0 Å². The van der Waals surface area contributed by atoms with Gasteiger partial charge in [-0.15, -0.1) is 0 Å². The van der Waals surface area contributed by atoms with Crippen LogP contribution in [0.25, 0.3) is 11.7 Å². The molecule has 35 heavy (non-hydrogen) atoms. The number of aromatic nitrogens is 2. The maximum absolute atomic E-state index is 13.5. The number of hydrogen-bond donors (Lipinski definition) is 1. The van der Waals surface area contributed by atoms with E-state index in [4.69, 9.17) is 21.9 Å². The Hall–Kier alpha value is -2.23. The number of thiocarbonyl (C=S) groups is 1. The van der Waals surface area contributed by atoms with Gasteiger partial charge in [0.05, 0.1) is 10.5 Å². The monoisotopic (exact) mass is 516 g/mol. The summed E-state index contributed by atoms with van der Waals surface area (Å²) in [6.07, 6.45) is 8.55. The molecule has 1 atom stereocenters. The Morgan fingerprint density at radius 3 is 2.74 bits per heavy atom. The third-order valence-electron chi connectivity index (χ3n) is 6.10. The zero-order chi connectivity index (χ0) is 25.4. The van der Waals surface area contributed by atoms with Crippen molar-refractivity contribution in [3.05, 3.63) is 44.7 Å². The highest BCUT2D eigenvalue weighted by molar-refractivity contribution is 8.26. The van der Waals surface area contributed by atoms with Crippen LogP contribution in [0.3, 0.4) is 0 Å². The summed E-state index contributed by atoms with van der Waals surface area (Å²) in [6, 6.07) is 3.75. The van der Waals surface area contributed by atoms with Gasteiger partial charge in [0, 0.05) is 32.5 Å². The van der Waals surface area contributed by atoms with Gasteiger partial charge in [0.25, 0.3) is 11.5 Å². The summed E-state index contributed by atoms with van der Waals surface area (Å²) in [5.74, 6) is 0.747. The molecule has 7 nitrogen and oxygen atoms in total. The molecule has 1 aliphatic heterocycles. The van der Waals surface area contributed by atoms with Crippen molar-refractivity contribution in [3.63, 3.8) is 0 Å². The summed E-state index contributed by atoms with van der Waals surface area (Å²) < 4.78 is 7.49. The predicted molar refractivity (Wildman–Crippen MR) is 149 cm³/mol. The summed E-state index contributed by atoms with van der Waals surface area (Å²) in [5.41, 5.74) is 1.65. The van der Waals surface area contributed by atoms with E-state index in [1.165, 1.54) is 16.2 Å². The van der Waals surface area contributed by atoms with Crippen molar-refractivity contribution in [3.8, 4) is 0 Å². The fraction of sp³-hybridized carbons (Fsp3) is 0.538. The Morgan fingerprint density at radius 1 is 1.23 bits per heavy atom. The van der Waals surface area contributed by atoms with Gasteiger partial charge in [-0.3, -0.25) is 18.9 Å². The zero-order valence-electron chi connectivity index (χ0n) is 21.1. The second-order valence-electron chi connectivity index (χ2n) is 8.80. The van der Waals surface area contributed by atoms with E-state index in [9.17, 15) is 9.59 Å². The molecular formula is C26H36N4O3S2. The molecule has 0 aromatic carbocycles. The molecule has 0 aliphatic carbocycles. The van der Waals surface area contributed by atoms with Gasteiger partial charge >= 0.3 is 0 Å². The Labute approximate surface area is 217 Å². The molecule has 3 heterocycles. The number of thioether (sulfide) groups is 1. The van der Waals surface area contributed by atoms with Gasteiger partial charge < -0.3 is 10.1 Å². The molecule has 1 N–H and O–H groups in total. The molecule has 1 saturated heterocycles. The Bertz CT molecular complexity index is 1150. The standard InChI is InChI=1S/C26H36N4O3S2/c1-5-8-10-19(6-2)17-30-25(32)21(35-26(30)34)15-20-23(27-13-9-14-33-7-3)28-22-12-11-18(4)16-29(22)24(20)31/h11-12,15-16,19,27H,5-10,13-14,17H2,1-4H3. The molecule has 0 saturated carbocycles. The zero-order valence-corrected chi connectivity index (χ0v) is 22.8. The minimum atomic E-state index is -0.217. The van der Waals surface area contributed by atoms with Gasteiger partial charge in [-0.25, -0.2) is 4.98 Å². The fourth-order valence-electron chi connectivity index (χ4n) is 4.01. The summed E-state index contributed by atoms with van der Waals surface area (Å²) in [4.78, 5) is 33.6. The van der Waals surface area contributed by atoms with Gasteiger partial charge in [0.15, 0.2) is 0 Å². The SMILES string of the molecule is CCCCC(CC)CN1C(=O)C(=Cc2c(NCCCOCC)nc3ccc(C)cn3c2=O)SC1=S. The number of nitrogens with zero attached hydrogens (tertiary/aromatic N) is 3. The summed E-state index contributed by atoms with van der Waals surface area (Å²) in [6.45, 7) is 10.7. The smallest absolute Gasteiger partial charge is 0.267 e. The molecule has 0 radical (unpaired) electrons. The third-order valence-corrected chi connectivity index (χ3v) is 7.48. The first kappa shape index (κ1) is 27.4. The van der Waals surface area contributed by atoms with E-state index in [-0.39, 0.29) is 11.5 Å². The second-order valence-corrected chi connectivity index (χ2v) is 10.5. The van der Waals surface area contributed by atoms with Crippen LogP contribution in [0, 0.1) is 12.8 Å². The first-order valence-corrected chi connectivity index (χ1v) is 13.7. The number of rotatable bonds is 13. The number of pyridine rings is 1. The molecule has 2 aromatic rings. The predicted octanol–water partition coefficient (Wildman–Crippen LogP) is 5.26. The van der Waals surface area contributed by atoms with Crippen molar-refractivity contribution in [2.45, 2.75) is 59.8 Å². The number of fused-ring (bicyclic) bond motifs is 1. The maximum Gasteiger partial charge on any atom is 0.267 e. The van der Waals surface area contributed by atoms with Gasteiger partial charge in [0.2, 0.25) is 0 Å². The van der Waals surface area contributed by atoms with Gasteiger partial charge in [-0.2, -0.15) is 0 Å². The van der Waals surface area contributed by atoms with Crippen LogP contribution in [-0.4, -0.2) is 50.8 Å². The molecule has 190 valence electrons. The van der Waals surface area contributed by atoms with Crippen LogP contribution >= 0.6 is 24.0 Å². The van der Waals surface area contributed by atoms with Crippen molar-refractivity contribution < 1.29 is 9.53 Å². The van der Waals surface area contributed by atoms with Crippen LogP contribution in [0.5, 0.6) is 0 Å². The molecule has 1 amide bonds. The summed E-state index contributed by atoms with van der Waals surface area (Å²) in [5, 5.41) is 3.28. The van der Waals surface area contributed by atoms with Crippen LogP contribution in [-0.2, 0) is 9.53 Å². The minimum Gasteiger partial charge on any atom is -0.382 e. The van der Waals surface area contributed by atoms with E-state index >= 15 is 0 Å². The normalized spacial score (nSPS) is 16.0. The van der Waals surface area contributed by atoms with E-state index in [1.54, 1.807) is 17.2 Å². The summed E-state index contributed by atoms with van der Waals surface area (Å²) in [7, 11) is 0. The van der Waals surface area contributed by atoms with E-state index < -0.39 is 0 Å². The Kier molecular flexibility index (Phi) is 10.3. The molecule has 0 spiro atoms. The highest BCUT2D eigenvalue weighted by Gasteiger charge is 2.33. The van der Waals surface area contributed by atoms with E-state index in [0.29, 0.717) is 58.5 Å². The number of carbonyl (C=O) groups excluding carboxylic acids is 1. The van der Waals surface area contributed by atoms with Crippen LogP contribution < -0.4 is 10.9 Å². The second kappa shape index (κ2) is 13.2. The van der Waals surface area contributed by atoms with E-state index in [0.717, 1.165) is 37.7 Å². The molecule has 1 fully saturated rings. The fourth-order valence-corrected chi connectivity index (χ4v) is 5.27. The number of hydrogen-bond acceptors (Lipinski definition) is 7. The minimum absolute atomic E-state index is 0.133. The molecule has 1 unspecified atom stereocenters. The van der Waals surface area contributed by atoms with Crippen molar-refractivity contribution in [1.82, 2.24) is 14.3 Å². The first-order valence-electron chi connectivity index (χ1n) is 12.5. The largest absolute Gasteiger partial charge is 0.382 e. The molecule has 9 heteroatoms. The van der Waals surface area contributed by atoms with Gasteiger partial charge in [-0.1, -0.05) is 63.2 Å². The van der Waals surface area contributed by atoms with Crippen LogP contribution in [0.15, 0.2) is 28.0 Å². The lowest BCUT2D eigenvalue weighted by Crippen LogP contribution is -2.33. The average molecular weight is 517 g/mol. The lowest BCUT2D eigenvalue weighted by molar-refractivity contribution is -0.122. The third kappa shape index (κ3) is 6.92.